The highest BCUT2D eigenvalue weighted by molar-refractivity contribution is 6.01. The first-order chi connectivity index (χ1) is 16.5. The van der Waals surface area contributed by atoms with Crippen molar-refractivity contribution in [1.82, 2.24) is 0 Å². The van der Waals surface area contributed by atoms with Gasteiger partial charge < -0.3 is 15.0 Å². The van der Waals surface area contributed by atoms with Gasteiger partial charge in [0.2, 0.25) is 5.91 Å². The number of nitrogens with zero attached hydrogens (tertiary/aromatic N) is 1. The van der Waals surface area contributed by atoms with Crippen molar-refractivity contribution in [3.8, 4) is 5.75 Å². The molecule has 4 rings (SSSR count). The topological polar surface area (TPSA) is 58.6 Å². The van der Waals surface area contributed by atoms with Gasteiger partial charge in [-0.1, -0.05) is 56.5 Å². The Balaban J connectivity index is 1.39. The Kier molecular flexibility index (Phi) is 8.25. The Labute approximate surface area is 203 Å². The monoisotopic (exact) mass is 462 g/mol. The van der Waals surface area contributed by atoms with E-state index < -0.39 is 6.10 Å². The number of hydrogen-bond donors (Lipinski definition) is 1. The van der Waals surface area contributed by atoms with E-state index in [-0.39, 0.29) is 17.7 Å². The lowest BCUT2D eigenvalue weighted by Gasteiger charge is -2.33. The molecule has 0 radical (unpaired) electrons. The van der Waals surface area contributed by atoms with Crippen LogP contribution in [0.25, 0.3) is 0 Å². The number of carbonyl (C=O) groups is 2. The number of benzene rings is 2. The summed E-state index contributed by atoms with van der Waals surface area (Å²) in [6.07, 6.45) is 9.33. The molecule has 1 aliphatic carbocycles. The van der Waals surface area contributed by atoms with E-state index >= 15 is 0 Å². The maximum absolute atomic E-state index is 13.0. The highest BCUT2D eigenvalue weighted by Crippen LogP contribution is 2.37. The second-order valence-electron chi connectivity index (χ2n) is 9.87. The first-order valence-electron chi connectivity index (χ1n) is 13.0. The predicted octanol–water partition coefficient (Wildman–Crippen LogP) is 6.37. The van der Waals surface area contributed by atoms with Crippen LogP contribution >= 0.6 is 0 Å². The summed E-state index contributed by atoms with van der Waals surface area (Å²) in [5, 5.41) is 3.12. The fraction of sp³-hybridized carbons (Fsp3) is 0.517. The summed E-state index contributed by atoms with van der Waals surface area (Å²) < 4.78 is 5.86. The number of rotatable bonds is 9. The summed E-state index contributed by atoms with van der Waals surface area (Å²) in [7, 11) is 0. The minimum atomic E-state index is -0.507. The number of nitrogens with one attached hydrogen (secondary N) is 1. The second kappa shape index (κ2) is 11.5. The molecule has 34 heavy (non-hydrogen) atoms. The van der Waals surface area contributed by atoms with E-state index in [0.717, 1.165) is 55.8 Å². The highest BCUT2D eigenvalue weighted by Gasteiger charge is 2.32. The molecule has 0 spiro atoms. The maximum atomic E-state index is 13.0. The molecule has 1 saturated carbocycles. The van der Waals surface area contributed by atoms with Crippen LogP contribution < -0.4 is 15.0 Å². The number of unbranched alkanes of at least 4 members (excludes halogenated alkanes) is 1. The third-order valence-electron chi connectivity index (χ3n) is 7.31. The van der Waals surface area contributed by atoms with Gasteiger partial charge in [-0.3, -0.25) is 9.59 Å². The molecule has 1 aliphatic heterocycles. The van der Waals surface area contributed by atoms with Gasteiger partial charge in [-0.05, 0) is 75.1 Å². The summed E-state index contributed by atoms with van der Waals surface area (Å²) in [5.41, 5.74) is 2.75. The lowest BCUT2D eigenvalue weighted by atomic mass is 9.79. The van der Waals surface area contributed by atoms with Gasteiger partial charge in [0.25, 0.3) is 5.91 Å². The average Bonchev–Trinajstić information content (AvgIpc) is 2.86. The molecule has 1 atom stereocenters. The van der Waals surface area contributed by atoms with E-state index in [4.69, 9.17) is 4.74 Å². The molecule has 2 aromatic rings. The van der Waals surface area contributed by atoms with Crippen LogP contribution in [-0.4, -0.2) is 24.5 Å². The molecule has 0 aromatic heterocycles. The number of amides is 2. The minimum Gasteiger partial charge on any atom is -0.479 e. The molecular weight excluding hydrogens is 424 g/mol. The quantitative estimate of drug-likeness (QED) is 0.471. The van der Waals surface area contributed by atoms with Crippen molar-refractivity contribution < 1.29 is 14.3 Å². The lowest BCUT2D eigenvalue weighted by Crippen LogP contribution is -2.45. The van der Waals surface area contributed by atoms with Crippen molar-refractivity contribution in [2.24, 2.45) is 11.8 Å². The van der Waals surface area contributed by atoms with Crippen molar-refractivity contribution in [2.75, 3.05) is 16.8 Å². The third kappa shape index (κ3) is 5.99. The Morgan fingerprint density at radius 1 is 1.06 bits per heavy atom. The Morgan fingerprint density at radius 3 is 2.56 bits per heavy atom. The molecule has 2 aromatic carbocycles. The zero-order valence-corrected chi connectivity index (χ0v) is 20.6. The van der Waals surface area contributed by atoms with E-state index in [1.165, 1.54) is 24.8 Å². The number of anilines is 2. The number of hydrogen-bond acceptors (Lipinski definition) is 3. The molecule has 1 unspecified atom stereocenters. The molecule has 182 valence electrons. The molecule has 5 heteroatoms. The summed E-state index contributed by atoms with van der Waals surface area (Å²) in [4.78, 5) is 27.7. The number of fused-ring (bicyclic) bond motifs is 1. The first kappa shape index (κ1) is 24.3. The second-order valence-corrected chi connectivity index (χ2v) is 9.87. The zero-order valence-electron chi connectivity index (χ0n) is 20.6. The summed E-state index contributed by atoms with van der Waals surface area (Å²) >= 11 is 0. The van der Waals surface area contributed by atoms with Gasteiger partial charge in [0, 0.05) is 18.2 Å². The van der Waals surface area contributed by atoms with Crippen LogP contribution in [0.3, 0.4) is 0 Å². The van der Waals surface area contributed by atoms with Crippen molar-refractivity contribution in [3.05, 3.63) is 54.1 Å². The van der Waals surface area contributed by atoms with Gasteiger partial charge in [0.15, 0.2) is 6.10 Å². The maximum Gasteiger partial charge on any atom is 0.267 e. The summed E-state index contributed by atoms with van der Waals surface area (Å²) in [6.45, 7) is 4.65. The fourth-order valence-electron chi connectivity index (χ4n) is 5.25. The van der Waals surface area contributed by atoms with Gasteiger partial charge in [0.05, 0.1) is 5.69 Å². The number of ether oxygens (including phenoxy) is 1. The van der Waals surface area contributed by atoms with Crippen LogP contribution in [0.4, 0.5) is 11.4 Å². The van der Waals surface area contributed by atoms with Crippen LogP contribution in [0, 0.1) is 11.8 Å². The van der Waals surface area contributed by atoms with E-state index in [9.17, 15) is 9.59 Å². The highest BCUT2D eigenvalue weighted by atomic mass is 16.5. The van der Waals surface area contributed by atoms with E-state index in [2.05, 4.69) is 24.4 Å². The molecule has 1 heterocycles. The molecule has 2 aliphatic rings. The molecule has 1 N–H and O–H groups in total. The predicted molar refractivity (Wildman–Crippen MR) is 137 cm³/mol. The molecule has 0 bridgehead atoms. The fourth-order valence-corrected chi connectivity index (χ4v) is 5.25. The largest absolute Gasteiger partial charge is 0.479 e. The van der Waals surface area contributed by atoms with Gasteiger partial charge in [0.1, 0.15) is 5.75 Å². The van der Waals surface area contributed by atoms with Crippen molar-refractivity contribution >= 4 is 23.2 Å². The molecular formula is C29H38N2O3. The third-order valence-corrected chi connectivity index (χ3v) is 7.31. The van der Waals surface area contributed by atoms with Crippen molar-refractivity contribution in [3.63, 3.8) is 0 Å². The normalized spacial score (nSPS) is 22.1. The van der Waals surface area contributed by atoms with Crippen LogP contribution in [0.5, 0.6) is 5.75 Å². The average molecular weight is 463 g/mol. The molecule has 2 amide bonds. The number of carbonyl (C=O) groups excluding carboxylic acids is 2. The van der Waals surface area contributed by atoms with Crippen LogP contribution in [0.15, 0.2) is 48.5 Å². The lowest BCUT2D eigenvalue weighted by molar-refractivity contribution is -0.125. The summed E-state index contributed by atoms with van der Waals surface area (Å²) in [5.74, 6) is 1.62. The van der Waals surface area contributed by atoms with E-state index in [1.54, 1.807) is 6.92 Å². The summed E-state index contributed by atoms with van der Waals surface area (Å²) in [6, 6.07) is 16.0. The smallest absolute Gasteiger partial charge is 0.267 e. The molecule has 5 nitrogen and oxygen atoms in total. The van der Waals surface area contributed by atoms with Crippen LogP contribution in [0.2, 0.25) is 0 Å². The van der Waals surface area contributed by atoms with Gasteiger partial charge in [-0.25, -0.2) is 0 Å². The Bertz CT molecular complexity index is 967. The van der Waals surface area contributed by atoms with E-state index in [1.807, 2.05) is 41.3 Å². The Morgan fingerprint density at radius 2 is 1.82 bits per heavy atom. The SMILES string of the molecule is CCCCC1CCC(C(=O)Nc2ccc3c(c2)N(CCCc2ccccc2)C(=O)C(C)O3)CC1. The minimum absolute atomic E-state index is 0.0329. The van der Waals surface area contributed by atoms with Gasteiger partial charge in [-0.2, -0.15) is 0 Å². The first-order valence-corrected chi connectivity index (χ1v) is 13.0. The Hall–Kier alpha value is -2.82. The van der Waals surface area contributed by atoms with Gasteiger partial charge in [-0.15, -0.1) is 0 Å². The standard InChI is InChI=1S/C29H38N2O3/c1-3-4-9-23-13-15-24(16-14-23)28(32)30-25-17-18-27-26(20-25)31(29(33)21(2)34-27)19-8-12-22-10-6-5-7-11-22/h5-7,10-11,17-18,20-21,23-24H,3-4,8-9,12-16,19H2,1-2H3,(H,30,32). The van der Waals surface area contributed by atoms with Crippen molar-refractivity contribution in [2.45, 2.75) is 77.7 Å². The van der Waals surface area contributed by atoms with Gasteiger partial charge >= 0.3 is 0 Å². The molecule has 0 saturated heterocycles. The van der Waals surface area contributed by atoms with E-state index in [0.29, 0.717) is 12.3 Å². The number of aryl methyl sites for hydroxylation is 1. The molecule has 1 fully saturated rings. The zero-order chi connectivity index (χ0) is 23.9. The van der Waals surface area contributed by atoms with Crippen molar-refractivity contribution in [1.29, 1.82) is 0 Å². The van der Waals surface area contributed by atoms with Crippen LogP contribution in [-0.2, 0) is 16.0 Å². The van der Waals surface area contributed by atoms with Crippen LogP contribution in [0.1, 0.15) is 70.8 Å².